The molecule has 3 aliphatic carbocycles. The topological polar surface area (TPSA) is 163 Å². The lowest BCUT2D eigenvalue weighted by molar-refractivity contribution is -0.141. The average Bonchev–Trinajstić information content (AvgIpc) is 4.02. The summed E-state index contributed by atoms with van der Waals surface area (Å²) < 4.78 is 39.6. The fraction of sp³-hybridized carbons (Fsp3) is 0.600. The molecule has 54 heavy (non-hydrogen) atoms. The number of allylic oxidation sites excluding steroid dienone is 1. The normalized spacial score (nSPS) is 30.0. The Labute approximate surface area is 316 Å². The highest BCUT2D eigenvalue weighted by atomic mass is 32.2. The second kappa shape index (κ2) is 14.8. The Morgan fingerprint density at radius 2 is 1.76 bits per heavy atom. The van der Waals surface area contributed by atoms with Gasteiger partial charge >= 0.3 is 6.09 Å². The number of carbonyl (C=O) groups excluding carboxylic acids is 4. The van der Waals surface area contributed by atoms with E-state index >= 15 is 0 Å². The molecule has 6 aliphatic rings. The molecule has 4 amide bonds. The van der Waals surface area contributed by atoms with Crippen LogP contribution in [0.1, 0.15) is 94.6 Å². The zero-order chi connectivity index (χ0) is 37.6. The summed E-state index contributed by atoms with van der Waals surface area (Å²) in [6, 6.07) is 8.12. The highest BCUT2D eigenvalue weighted by molar-refractivity contribution is 7.91. The maximum Gasteiger partial charge on any atom is 0.408 e. The summed E-state index contributed by atoms with van der Waals surface area (Å²) in [5.74, 6) is -1.23. The zero-order valence-corrected chi connectivity index (χ0v) is 31.7. The van der Waals surface area contributed by atoms with E-state index in [1.807, 2.05) is 24.3 Å². The number of hydrogen-bond acceptors (Lipinski definition) is 9. The van der Waals surface area contributed by atoms with Crippen molar-refractivity contribution in [2.75, 3.05) is 13.7 Å². The van der Waals surface area contributed by atoms with Gasteiger partial charge in [0, 0.05) is 37.2 Å². The molecule has 1 saturated heterocycles. The maximum absolute atomic E-state index is 14.7. The Hall–Kier alpha value is -4.17. The first-order valence-corrected chi connectivity index (χ1v) is 21.2. The number of rotatable bonds is 7. The van der Waals surface area contributed by atoms with Crippen molar-refractivity contribution in [1.82, 2.24) is 25.2 Å². The van der Waals surface area contributed by atoms with Gasteiger partial charge in [0.15, 0.2) is 0 Å². The third kappa shape index (κ3) is 7.30. The summed E-state index contributed by atoms with van der Waals surface area (Å²) in [6.07, 6.45) is 11.7. The standard InChI is InChI=1S/C40H51N5O8S/c1-52-34-19-16-25-10-9-11-26-22-44(24-31(34)35(25)26)28-20-33-36(46)42-40(38(48)43-54(50,51)30-17-18-30)21-27(40)12-5-3-2-4-6-15-32(37(47)45(33)23-28)41-39(49)53-29-13-7-8-14-29/h5,9-12,16,19,27-30,32-33H,2-4,6-8,13-15,17-18,20-24H2,1H3,(H,41,49)(H,42,46)(H,43,48)/b12-5+/t27?,28-,32?,33?,40?/m1/s1. The number of amides is 4. The van der Waals surface area contributed by atoms with Crippen molar-refractivity contribution in [2.45, 2.75) is 132 Å². The van der Waals surface area contributed by atoms with Crippen LogP contribution in [0.25, 0.3) is 10.8 Å². The maximum atomic E-state index is 14.7. The van der Waals surface area contributed by atoms with Gasteiger partial charge in [0.2, 0.25) is 21.8 Å². The minimum atomic E-state index is -3.86. The van der Waals surface area contributed by atoms with Crippen LogP contribution in [0.2, 0.25) is 0 Å². The van der Waals surface area contributed by atoms with Crippen LogP contribution in [0.5, 0.6) is 5.75 Å². The lowest BCUT2D eigenvalue weighted by atomic mass is 9.93. The van der Waals surface area contributed by atoms with E-state index in [0.29, 0.717) is 38.8 Å². The van der Waals surface area contributed by atoms with Crippen LogP contribution in [-0.2, 0) is 42.2 Å². The average molecular weight is 762 g/mol. The largest absolute Gasteiger partial charge is 0.496 e. The number of methoxy groups -OCH3 is 1. The number of nitrogens with zero attached hydrogens (tertiary/aromatic N) is 2. The van der Waals surface area contributed by atoms with Crippen molar-refractivity contribution in [3.05, 3.63) is 53.6 Å². The van der Waals surface area contributed by atoms with Gasteiger partial charge in [-0.25, -0.2) is 13.2 Å². The molecule has 5 atom stereocenters. The number of carbonyl (C=O) groups is 4. The molecule has 8 rings (SSSR count). The van der Waals surface area contributed by atoms with E-state index < -0.39 is 50.8 Å². The molecular formula is C40H51N5O8S. The van der Waals surface area contributed by atoms with Crippen LogP contribution in [0.4, 0.5) is 4.79 Å². The molecular weight excluding hydrogens is 711 g/mol. The van der Waals surface area contributed by atoms with Gasteiger partial charge in [0.25, 0.3) is 5.91 Å². The predicted molar refractivity (Wildman–Crippen MR) is 201 cm³/mol. The van der Waals surface area contributed by atoms with E-state index in [4.69, 9.17) is 9.47 Å². The van der Waals surface area contributed by atoms with E-state index in [0.717, 1.165) is 72.6 Å². The fourth-order valence-electron chi connectivity index (χ4n) is 9.11. The fourth-order valence-corrected chi connectivity index (χ4v) is 10.5. The molecule has 3 heterocycles. The monoisotopic (exact) mass is 761 g/mol. The van der Waals surface area contributed by atoms with E-state index in [9.17, 15) is 27.6 Å². The Bertz CT molecular complexity index is 1960. The third-order valence-corrected chi connectivity index (χ3v) is 14.2. The molecule has 2 aromatic rings. The summed E-state index contributed by atoms with van der Waals surface area (Å²) in [4.78, 5) is 60.1. The Morgan fingerprint density at radius 1 is 0.963 bits per heavy atom. The number of ether oxygens (including phenoxy) is 2. The summed E-state index contributed by atoms with van der Waals surface area (Å²) in [7, 11) is -2.21. The summed E-state index contributed by atoms with van der Waals surface area (Å²) >= 11 is 0. The quantitative estimate of drug-likeness (QED) is 0.352. The first-order chi connectivity index (χ1) is 26.1. The van der Waals surface area contributed by atoms with Gasteiger partial charge in [-0.3, -0.25) is 24.0 Å². The molecule has 290 valence electrons. The van der Waals surface area contributed by atoms with Crippen LogP contribution >= 0.6 is 0 Å². The summed E-state index contributed by atoms with van der Waals surface area (Å²) in [5, 5.41) is 7.53. The Kier molecular flexibility index (Phi) is 10.1. The van der Waals surface area contributed by atoms with Crippen molar-refractivity contribution in [1.29, 1.82) is 0 Å². The lowest BCUT2D eigenvalue weighted by Crippen LogP contribution is -2.58. The molecule has 13 nitrogen and oxygen atoms in total. The zero-order valence-electron chi connectivity index (χ0n) is 30.9. The SMILES string of the molecule is COc1ccc2cccc3c2c1CN([C@@H]1CC2C(=O)NC4(C(=O)NS(=O)(=O)C5CC5)CC4/C=C/CCCCCC(NC(=O)OC4CCCC4)C(=O)N2C1)C3. The van der Waals surface area contributed by atoms with Crippen LogP contribution in [0.3, 0.4) is 0 Å². The highest BCUT2D eigenvalue weighted by Crippen LogP contribution is 2.46. The molecule has 14 heteroatoms. The van der Waals surface area contributed by atoms with Gasteiger partial charge in [-0.1, -0.05) is 49.3 Å². The molecule has 2 aromatic carbocycles. The van der Waals surface area contributed by atoms with Gasteiger partial charge in [-0.15, -0.1) is 0 Å². The first kappa shape index (κ1) is 36.8. The van der Waals surface area contributed by atoms with Crippen molar-refractivity contribution in [3.8, 4) is 5.75 Å². The molecule has 3 aliphatic heterocycles. The number of sulfonamides is 1. The summed E-state index contributed by atoms with van der Waals surface area (Å²) in [6.45, 7) is 1.38. The van der Waals surface area contributed by atoms with Crippen LogP contribution in [-0.4, -0.2) is 90.7 Å². The number of nitrogens with one attached hydrogen (secondary N) is 3. The number of hydrogen-bond donors (Lipinski definition) is 3. The Morgan fingerprint density at radius 3 is 2.54 bits per heavy atom. The van der Waals surface area contributed by atoms with E-state index in [-0.39, 0.29) is 43.4 Å². The molecule has 4 unspecified atom stereocenters. The molecule has 3 N–H and O–H groups in total. The van der Waals surface area contributed by atoms with Crippen molar-refractivity contribution < 1.29 is 37.1 Å². The molecule has 0 spiro atoms. The van der Waals surface area contributed by atoms with Gasteiger partial charge in [0.1, 0.15) is 29.5 Å². The smallest absolute Gasteiger partial charge is 0.408 e. The molecule has 3 saturated carbocycles. The highest BCUT2D eigenvalue weighted by Gasteiger charge is 2.62. The predicted octanol–water partition coefficient (Wildman–Crippen LogP) is 4.17. The van der Waals surface area contributed by atoms with Gasteiger partial charge in [-0.2, -0.15) is 0 Å². The molecule has 0 aromatic heterocycles. The van der Waals surface area contributed by atoms with Crippen molar-refractivity contribution in [2.24, 2.45) is 5.92 Å². The molecule has 0 radical (unpaired) electrons. The van der Waals surface area contributed by atoms with Crippen molar-refractivity contribution >= 4 is 44.6 Å². The lowest BCUT2D eigenvalue weighted by Gasteiger charge is -2.34. The summed E-state index contributed by atoms with van der Waals surface area (Å²) in [5.41, 5.74) is 0.729. The minimum absolute atomic E-state index is 0.176. The van der Waals surface area contributed by atoms with Crippen molar-refractivity contribution in [3.63, 3.8) is 0 Å². The first-order valence-electron chi connectivity index (χ1n) is 19.7. The number of fused-ring (bicyclic) bond motifs is 2. The van der Waals surface area contributed by atoms with Crippen LogP contribution < -0.4 is 20.1 Å². The van der Waals surface area contributed by atoms with Gasteiger partial charge < -0.3 is 25.0 Å². The van der Waals surface area contributed by atoms with E-state index in [1.165, 1.54) is 0 Å². The number of alkyl carbamates (subject to hydrolysis) is 1. The van der Waals surface area contributed by atoms with E-state index in [1.54, 1.807) is 12.0 Å². The Balaban J connectivity index is 1.10. The number of benzene rings is 2. The third-order valence-electron chi connectivity index (χ3n) is 12.4. The second-order valence-electron chi connectivity index (χ2n) is 16.1. The molecule has 0 bridgehead atoms. The van der Waals surface area contributed by atoms with E-state index in [2.05, 4.69) is 38.5 Å². The van der Waals surface area contributed by atoms with Crippen LogP contribution in [0, 0.1) is 5.92 Å². The second-order valence-corrected chi connectivity index (χ2v) is 18.0. The van der Waals surface area contributed by atoms with Crippen LogP contribution in [0.15, 0.2) is 42.5 Å². The van der Waals surface area contributed by atoms with Gasteiger partial charge in [0.05, 0.1) is 12.4 Å². The minimum Gasteiger partial charge on any atom is -0.496 e. The van der Waals surface area contributed by atoms with Gasteiger partial charge in [-0.05, 0) is 93.0 Å². The molecule has 4 fully saturated rings.